The highest BCUT2D eigenvalue weighted by Gasteiger charge is 2.29. The Labute approximate surface area is 208 Å². The Kier molecular flexibility index (Phi) is 10.4. The van der Waals surface area contributed by atoms with Crippen molar-refractivity contribution in [2.45, 2.75) is 50.2 Å². The molecule has 1 aliphatic rings. The van der Waals surface area contributed by atoms with Crippen molar-refractivity contribution in [1.82, 2.24) is 15.5 Å². The normalized spacial score (nSPS) is 19.4. The van der Waals surface area contributed by atoms with Gasteiger partial charge in [-0.25, -0.2) is 13.6 Å². The van der Waals surface area contributed by atoms with E-state index >= 15 is 0 Å². The molecule has 32 heavy (non-hydrogen) atoms. The fourth-order valence-electron chi connectivity index (χ4n) is 3.90. The van der Waals surface area contributed by atoms with E-state index in [1.807, 2.05) is 0 Å². The van der Waals surface area contributed by atoms with E-state index in [2.05, 4.69) is 59.7 Å². The molecule has 1 fully saturated rings. The van der Waals surface area contributed by atoms with Gasteiger partial charge in [-0.2, -0.15) is 0 Å². The van der Waals surface area contributed by atoms with Crippen molar-refractivity contribution in [3.05, 3.63) is 65.7 Å². The zero-order chi connectivity index (χ0) is 22.3. The molecule has 0 amide bonds. The molecule has 2 aromatic rings. The maximum absolute atomic E-state index is 11.4. The van der Waals surface area contributed by atoms with Gasteiger partial charge in [0.2, 0.25) is 10.0 Å². The van der Waals surface area contributed by atoms with Crippen LogP contribution in [0.25, 0.3) is 0 Å². The van der Waals surface area contributed by atoms with Gasteiger partial charge in [-0.05, 0) is 49.9 Å². The molecule has 0 aliphatic carbocycles. The number of hydrogen-bond donors (Lipinski definition) is 3. The molecule has 0 aromatic heterocycles. The Balaban J connectivity index is 0.00000363. The molecule has 7 nitrogen and oxygen atoms in total. The summed E-state index contributed by atoms with van der Waals surface area (Å²) in [5.74, 6) is 0.822. The van der Waals surface area contributed by atoms with Gasteiger partial charge in [-0.3, -0.25) is 9.89 Å². The molecule has 0 radical (unpaired) electrons. The summed E-state index contributed by atoms with van der Waals surface area (Å²) in [5, 5.41) is 12.1. The molecule has 1 heterocycles. The summed E-state index contributed by atoms with van der Waals surface area (Å²) >= 11 is 0. The van der Waals surface area contributed by atoms with Gasteiger partial charge in [0.25, 0.3) is 0 Å². The number of halogens is 1. The third-order valence-electron chi connectivity index (χ3n) is 5.54. The largest absolute Gasteiger partial charge is 0.357 e. The number of rotatable bonds is 8. The summed E-state index contributed by atoms with van der Waals surface area (Å²) in [6, 6.07) is 18.1. The van der Waals surface area contributed by atoms with Gasteiger partial charge < -0.3 is 10.6 Å². The topological polar surface area (TPSA) is 99.8 Å². The molecular formula is C23H34IN5O2S. The molecule has 2 aromatic carbocycles. The summed E-state index contributed by atoms with van der Waals surface area (Å²) in [4.78, 5) is 7.34. The number of likely N-dealkylation sites (tertiary alicyclic amines) is 1. The van der Waals surface area contributed by atoms with Crippen LogP contribution in [0, 0.1) is 0 Å². The molecule has 0 saturated carbocycles. The third-order valence-corrected chi connectivity index (χ3v) is 6.47. The Morgan fingerprint density at radius 3 is 2.44 bits per heavy atom. The van der Waals surface area contributed by atoms with E-state index in [-0.39, 0.29) is 28.9 Å². The zero-order valence-electron chi connectivity index (χ0n) is 18.7. The number of guanidine groups is 1. The van der Waals surface area contributed by atoms with Crippen molar-refractivity contribution in [1.29, 1.82) is 0 Å². The fraction of sp³-hybridized carbons (Fsp3) is 0.435. The molecule has 9 heteroatoms. The molecule has 176 valence electrons. The van der Waals surface area contributed by atoms with E-state index in [0.29, 0.717) is 18.6 Å². The molecule has 1 aliphatic heterocycles. The standard InChI is InChI=1S/C23H33N5O2S.HI/c1-3-25-23(26-14-13-19-9-11-22(12-10-19)31(24,29)30)27-21-15-18(2)28(17-21)16-20-7-5-4-6-8-20;/h4-12,18,21H,3,13-17H2,1-2H3,(H2,24,29,30)(H2,25,26,27);1H. The summed E-state index contributed by atoms with van der Waals surface area (Å²) in [6.45, 7) is 7.69. The average molecular weight is 572 g/mol. The predicted molar refractivity (Wildman–Crippen MR) is 141 cm³/mol. The van der Waals surface area contributed by atoms with Crippen LogP contribution in [0.5, 0.6) is 0 Å². The number of nitrogens with one attached hydrogen (secondary N) is 2. The molecule has 0 spiro atoms. The highest BCUT2D eigenvalue weighted by Crippen LogP contribution is 2.20. The van der Waals surface area contributed by atoms with Gasteiger partial charge in [0.15, 0.2) is 5.96 Å². The van der Waals surface area contributed by atoms with Gasteiger partial charge in [0, 0.05) is 38.3 Å². The number of sulfonamides is 1. The van der Waals surface area contributed by atoms with E-state index in [1.165, 1.54) is 5.56 Å². The molecule has 1 saturated heterocycles. The van der Waals surface area contributed by atoms with Crippen molar-refractivity contribution >= 4 is 40.0 Å². The van der Waals surface area contributed by atoms with Crippen molar-refractivity contribution in [2.75, 3.05) is 19.6 Å². The number of nitrogens with two attached hydrogens (primary N) is 1. The van der Waals surface area contributed by atoms with Crippen molar-refractivity contribution in [3.8, 4) is 0 Å². The lowest BCUT2D eigenvalue weighted by Gasteiger charge is -2.21. The first kappa shape index (κ1) is 26.6. The van der Waals surface area contributed by atoms with Gasteiger partial charge in [0.05, 0.1) is 4.90 Å². The van der Waals surface area contributed by atoms with E-state index in [9.17, 15) is 8.42 Å². The summed E-state index contributed by atoms with van der Waals surface area (Å²) in [6.07, 6.45) is 1.80. The minimum Gasteiger partial charge on any atom is -0.357 e. The Bertz CT molecular complexity index is 968. The first-order chi connectivity index (χ1) is 14.8. The summed E-state index contributed by atoms with van der Waals surface area (Å²) in [7, 11) is -3.65. The van der Waals surface area contributed by atoms with Crippen LogP contribution >= 0.6 is 24.0 Å². The minimum atomic E-state index is -3.65. The van der Waals surface area contributed by atoms with Gasteiger partial charge in [-0.15, -0.1) is 24.0 Å². The molecule has 0 bridgehead atoms. The van der Waals surface area contributed by atoms with E-state index in [4.69, 9.17) is 10.1 Å². The van der Waals surface area contributed by atoms with Crippen molar-refractivity contribution in [3.63, 3.8) is 0 Å². The van der Waals surface area contributed by atoms with Gasteiger partial charge in [0.1, 0.15) is 0 Å². The number of primary sulfonamides is 1. The van der Waals surface area contributed by atoms with Crippen molar-refractivity contribution in [2.24, 2.45) is 10.1 Å². The molecule has 2 unspecified atom stereocenters. The van der Waals surface area contributed by atoms with Crippen LogP contribution in [0.1, 0.15) is 31.4 Å². The number of nitrogens with zero attached hydrogens (tertiary/aromatic N) is 2. The quantitative estimate of drug-likeness (QED) is 0.257. The second-order valence-corrected chi connectivity index (χ2v) is 9.60. The van der Waals surface area contributed by atoms with Crippen molar-refractivity contribution < 1.29 is 8.42 Å². The molecule has 2 atom stereocenters. The maximum atomic E-state index is 11.4. The minimum absolute atomic E-state index is 0. The van der Waals surface area contributed by atoms with Crippen LogP contribution < -0.4 is 15.8 Å². The second kappa shape index (κ2) is 12.5. The first-order valence-electron chi connectivity index (χ1n) is 10.8. The van der Waals surface area contributed by atoms with Crippen LogP contribution in [0.2, 0.25) is 0 Å². The lowest BCUT2D eigenvalue weighted by molar-refractivity contribution is 0.258. The van der Waals surface area contributed by atoms with Crippen LogP contribution in [0.15, 0.2) is 64.5 Å². The maximum Gasteiger partial charge on any atom is 0.238 e. The first-order valence-corrected chi connectivity index (χ1v) is 12.3. The highest BCUT2D eigenvalue weighted by atomic mass is 127. The van der Waals surface area contributed by atoms with Gasteiger partial charge >= 0.3 is 0 Å². The smallest absolute Gasteiger partial charge is 0.238 e. The van der Waals surface area contributed by atoms with E-state index in [1.54, 1.807) is 24.3 Å². The zero-order valence-corrected chi connectivity index (χ0v) is 21.8. The second-order valence-electron chi connectivity index (χ2n) is 8.04. The SMILES string of the molecule is CCNC(=NCCc1ccc(S(N)(=O)=O)cc1)NC1CC(C)N(Cc2ccccc2)C1.I. The molecule has 4 N–H and O–H groups in total. The lowest BCUT2D eigenvalue weighted by atomic mass is 10.1. The third kappa shape index (κ3) is 8.02. The van der Waals surface area contributed by atoms with Crippen LogP contribution in [-0.4, -0.2) is 51.0 Å². The van der Waals surface area contributed by atoms with E-state index < -0.39 is 10.0 Å². The monoisotopic (exact) mass is 571 g/mol. The average Bonchev–Trinajstić information content (AvgIpc) is 3.07. The Morgan fingerprint density at radius 1 is 1.12 bits per heavy atom. The molecule has 3 rings (SSSR count). The van der Waals surface area contributed by atoms with Crippen LogP contribution in [0.4, 0.5) is 0 Å². The predicted octanol–water partition coefficient (Wildman–Crippen LogP) is 2.71. The number of benzene rings is 2. The van der Waals surface area contributed by atoms with Crippen LogP contribution in [-0.2, 0) is 23.0 Å². The van der Waals surface area contributed by atoms with Gasteiger partial charge in [-0.1, -0.05) is 42.5 Å². The fourth-order valence-corrected chi connectivity index (χ4v) is 4.41. The highest BCUT2D eigenvalue weighted by molar-refractivity contribution is 14.0. The summed E-state index contributed by atoms with van der Waals surface area (Å²) < 4.78 is 22.7. The Hall–Kier alpha value is -1.69. The lowest BCUT2D eigenvalue weighted by Crippen LogP contribution is -2.44. The Morgan fingerprint density at radius 2 is 1.81 bits per heavy atom. The van der Waals surface area contributed by atoms with Crippen LogP contribution in [0.3, 0.4) is 0 Å². The molecular weight excluding hydrogens is 537 g/mol. The number of hydrogen-bond acceptors (Lipinski definition) is 4. The number of aliphatic imine (C=N–C) groups is 1. The summed E-state index contributed by atoms with van der Waals surface area (Å²) in [5.41, 5.74) is 2.36. The van der Waals surface area contributed by atoms with E-state index in [0.717, 1.165) is 44.0 Å².